The largest absolute Gasteiger partial charge is 0.481 e. The Labute approximate surface area is 153 Å². The first-order chi connectivity index (χ1) is 12.7. The lowest BCUT2D eigenvalue weighted by molar-refractivity contribution is 0.251. The van der Waals surface area contributed by atoms with Crippen molar-refractivity contribution >= 4 is 17.5 Å². The molecule has 1 saturated heterocycles. The second-order valence-electron chi connectivity index (χ2n) is 6.32. The first-order valence-electron chi connectivity index (χ1n) is 8.99. The number of amides is 2. The fraction of sp³-hybridized carbons (Fsp3) is 0.421. The molecule has 26 heavy (non-hydrogen) atoms. The minimum Gasteiger partial charge on any atom is -0.481 e. The molecule has 0 bridgehead atoms. The van der Waals surface area contributed by atoms with Crippen molar-refractivity contribution in [2.45, 2.75) is 32.2 Å². The van der Waals surface area contributed by atoms with Crippen molar-refractivity contribution in [1.82, 2.24) is 15.3 Å². The highest BCUT2D eigenvalue weighted by Crippen LogP contribution is 2.17. The molecule has 0 unspecified atom stereocenters. The monoisotopic (exact) mass is 355 g/mol. The lowest BCUT2D eigenvalue weighted by Gasteiger charge is -2.21. The minimum atomic E-state index is -0.284. The van der Waals surface area contributed by atoms with Crippen molar-refractivity contribution in [2.75, 3.05) is 30.4 Å². The van der Waals surface area contributed by atoms with Gasteiger partial charge in [-0.3, -0.25) is 0 Å². The molecule has 7 nitrogen and oxygen atoms in total. The van der Waals surface area contributed by atoms with Crippen LogP contribution in [-0.2, 0) is 6.54 Å². The van der Waals surface area contributed by atoms with E-state index in [-0.39, 0.29) is 6.03 Å². The highest BCUT2D eigenvalue weighted by molar-refractivity contribution is 5.88. The highest BCUT2D eigenvalue weighted by atomic mass is 16.5. The predicted molar refractivity (Wildman–Crippen MR) is 102 cm³/mol. The molecule has 3 heterocycles. The highest BCUT2D eigenvalue weighted by Gasteiger charge is 2.11. The summed E-state index contributed by atoms with van der Waals surface area (Å²) in [5, 5.41) is 5.56. The normalized spacial score (nSPS) is 14.4. The molecule has 2 N–H and O–H groups in total. The van der Waals surface area contributed by atoms with E-state index in [4.69, 9.17) is 4.74 Å². The van der Waals surface area contributed by atoms with Crippen molar-refractivity contribution in [3.8, 4) is 5.88 Å². The molecular formula is C19H25N5O2. The number of aromatic nitrogens is 2. The Morgan fingerprint density at radius 3 is 2.50 bits per heavy atom. The summed E-state index contributed by atoms with van der Waals surface area (Å²) in [5.74, 6) is 1.52. The van der Waals surface area contributed by atoms with E-state index in [1.807, 2.05) is 18.3 Å². The van der Waals surface area contributed by atoms with Gasteiger partial charge >= 0.3 is 6.03 Å². The summed E-state index contributed by atoms with van der Waals surface area (Å²) in [7, 11) is 1.55. The third-order valence-corrected chi connectivity index (χ3v) is 4.40. The Morgan fingerprint density at radius 2 is 1.88 bits per heavy atom. The Balaban J connectivity index is 1.48. The van der Waals surface area contributed by atoms with Crippen molar-refractivity contribution in [2.24, 2.45) is 0 Å². The summed E-state index contributed by atoms with van der Waals surface area (Å²) in [6, 6.07) is 7.20. The zero-order valence-electron chi connectivity index (χ0n) is 15.1. The summed E-state index contributed by atoms with van der Waals surface area (Å²) >= 11 is 0. The molecule has 2 aromatic rings. The Kier molecular flexibility index (Phi) is 6.24. The molecule has 0 atom stereocenters. The van der Waals surface area contributed by atoms with Crippen LogP contribution in [0.2, 0.25) is 0 Å². The van der Waals surface area contributed by atoms with Crippen LogP contribution in [0.5, 0.6) is 5.88 Å². The minimum absolute atomic E-state index is 0.284. The zero-order chi connectivity index (χ0) is 18.2. The van der Waals surface area contributed by atoms with Gasteiger partial charge in [0.05, 0.1) is 19.0 Å². The van der Waals surface area contributed by atoms with Crippen LogP contribution in [-0.4, -0.2) is 36.2 Å². The van der Waals surface area contributed by atoms with E-state index >= 15 is 0 Å². The number of pyridine rings is 2. The lowest BCUT2D eigenvalue weighted by Crippen LogP contribution is -2.28. The van der Waals surface area contributed by atoms with E-state index in [1.54, 1.807) is 25.4 Å². The average molecular weight is 355 g/mol. The molecule has 0 spiro atoms. The smallest absolute Gasteiger partial charge is 0.319 e. The molecular weight excluding hydrogens is 330 g/mol. The lowest BCUT2D eigenvalue weighted by atomic mass is 10.2. The molecule has 7 heteroatoms. The van der Waals surface area contributed by atoms with Gasteiger partial charge in [-0.2, -0.15) is 0 Å². The Bertz CT molecular complexity index is 695. The number of nitrogens with zero attached hydrogens (tertiary/aromatic N) is 3. The van der Waals surface area contributed by atoms with E-state index in [0.717, 1.165) is 24.5 Å². The van der Waals surface area contributed by atoms with Gasteiger partial charge in [-0.05, 0) is 30.5 Å². The third-order valence-electron chi connectivity index (χ3n) is 4.40. The van der Waals surface area contributed by atoms with Gasteiger partial charge in [-0.25, -0.2) is 14.8 Å². The molecule has 0 aromatic carbocycles. The van der Waals surface area contributed by atoms with Crippen LogP contribution >= 0.6 is 0 Å². The van der Waals surface area contributed by atoms with E-state index in [9.17, 15) is 4.79 Å². The van der Waals surface area contributed by atoms with Crippen LogP contribution < -0.4 is 20.3 Å². The molecule has 1 aliphatic rings. The first kappa shape index (κ1) is 18.0. The number of urea groups is 1. The summed E-state index contributed by atoms with van der Waals surface area (Å²) in [6.45, 7) is 2.56. The van der Waals surface area contributed by atoms with Gasteiger partial charge in [-0.15, -0.1) is 0 Å². The zero-order valence-corrected chi connectivity index (χ0v) is 15.1. The average Bonchev–Trinajstić information content (AvgIpc) is 2.97. The van der Waals surface area contributed by atoms with E-state index < -0.39 is 0 Å². The summed E-state index contributed by atoms with van der Waals surface area (Å²) in [6.07, 6.45) is 8.44. The molecule has 2 amide bonds. The topological polar surface area (TPSA) is 79.4 Å². The van der Waals surface area contributed by atoms with Crippen LogP contribution in [0.4, 0.5) is 16.3 Å². The number of hydrogen-bond donors (Lipinski definition) is 2. The van der Waals surface area contributed by atoms with Crippen LogP contribution in [0, 0.1) is 0 Å². The maximum absolute atomic E-state index is 12.0. The molecule has 1 fully saturated rings. The molecule has 0 saturated carbocycles. The van der Waals surface area contributed by atoms with Gasteiger partial charge in [0.1, 0.15) is 5.82 Å². The molecule has 0 aliphatic carbocycles. The Hall–Kier alpha value is -2.83. The van der Waals surface area contributed by atoms with E-state index in [0.29, 0.717) is 18.1 Å². The van der Waals surface area contributed by atoms with Gasteiger partial charge in [0.25, 0.3) is 0 Å². The predicted octanol–water partition coefficient (Wildman–Crippen LogP) is 3.19. The SMILES string of the molecule is COc1ccc(NC(=O)NCc2ccc(N3CCCCCC3)nc2)cn1. The number of methoxy groups -OCH3 is 1. The second kappa shape index (κ2) is 9.03. The van der Waals surface area contributed by atoms with E-state index in [1.165, 1.54) is 25.7 Å². The van der Waals surface area contributed by atoms with Gasteiger partial charge in [0.2, 0.25) is 5.88 Å². The molecule has 138 valence electrons. The van der Waals surface area contributed by atoms with Gasteiger partial charge < -0.3 is 20.3 Å². The van der Waals surface area contributed by atoms with Crippen molar-refractivity contribution in [3.63, 3.8) is 0 Å². The molecule has 0 radical (unpaired) electrons. The van der Waals surface area contributed by atoms with Crippen molar-refractivity contribution in [3.05, 3.63) is 42.2 Å². The maximum atomic E-state index is 12.0. The number of anilines is 2. The van der Waals surface area contributed by atoms with Crippen molar-refractivity contribution < 1.29 is 9.53 Å². The van der Waals surface area contributed by atoms with Gasteiger partial charge in [0.15, 0.2) is 0 Å². The number of carbonyl (C=O) groups is 1. The standard InChI is InChI=1S/C19H25N5O2/c1-26-18-9-7-16(14-21-18)23-19(25)22-13-15-6-8-17(20-12-15)24-10-4-2-3-5-11-24/h6-9,12,14H,2-5,10-11,13H2,1H3,(H2,22,23,25). The fourth-order valence-corrected chi connectivity index (χ4v) is 2.94. The number of nitrogens with one attached hydrogen (secondary N) is 2. The molecule has 3 rings (SSSR count). The molecule has 1 aliphatic heterocycles. The summed E-state index contributed by atoms with van der Waals surface area (Å²) in [4.78, 5) is 22.9. The number of ether oxygens (including phenoxy) is 1. The van der Waals surface area contributed by atoms with Crippen LogP contribution in [0.25, 0.3) is 0 Å². The number of carbonyl (C=O) groups excluding carboxylic acids is 1. The van der Waals surface area contributed by atoms with Crippen molar-refractivity contribution in [1.29, 1.82) is 0 Å². The summed E-state index contributed by atoms with van der Waals surface area (Å²) in [5.41, 5.74) is 1.57. The van der Waals surface area contributed by atoms with Crippen LogP contribution in [0.3, 0.4) is 0 Å². The summed E-state index contributed by atoms with van der Waals surface area (Å²) < 4.78 is 4.99. The van der Waals surface area contributed by atoms with Crippen LogP contribution in [0.15, 0.2) is 36.7 Å². The first-order valence-corrected chi connectivity index (χ1v) is 8.99. The van der Waals surface area contributed by atoms with Crippen LogP contribution in [0.1, 0.15) is 31.2 Å². The second-order valence-corrected chi connectivity index (χ2v) is 6.32. The number of rotatable bonds is 5. The fourth-order valence-electron chi connectivity index (χ4n) is 2.94. The van der Waals surface area contributed by atoms with E-state index in [2.05, 4.69) is 25.5 Å². The molecule has 2 aromatic heterocycles. The van der Waals surface area contributed by atoms with Gasteiger partial charge in [0, 0.05) is 31.9 Å². The number of hydrogen-bond acceptors (Lipinski definition) is 5. The quantitative estimate of drug-likeness (QED) is 0.861. The third kappa shape index (κ3) is 5.08. The van der Waals surface area contributed by atoms with Gasteiger partial charge in [-0.1, -0.05) is 18.9 Å². The Morgan fingerprint density at radius 1 is 1.08 bits per heavy atom. The maximum Gasteiger partial charge on any atom is 0.319 e.